The number of nitrogens with one attached hydrogen (secondary N) is 2. The molecule has 0 unspecified atom stereocenters. The molecule has 3 aromatic rings. The van der Waals surface area contributed by atoms with Gasteiger partial charge in [0.25, 0.3) is 0 Å². The second kappa shape index (κ2) is 10.5. The zero-order valence-corrected chi connectivity index (χ0v) is 18.3. The number of ether oxygens (including phenoxy) is 1. The lowest BCUT2D eigenvalue weighted by Crippen LogP contribution is -2.38. The summed E-state index contributed by atoms with van der Waals surface area (Å²) in [6.45, 7) is 3.76. The van der Waals surface area contributed by atoms with E-state index in [9.17, 15) is 9.59 Å². The Morgan fingerprint density at radius 2 is 1.85 bits per heavy atom. The molecule has 1 aromatic carbocycles. The molecule has 172 valence electrons. The molecule has 1 aliphatic heterocycles. The van der Waals surface area contributed by atoms with Gasteiger partial charge in [0.2, 0.25) is 11.8 Å². The van der Waals surface area contributed by atoms with Crippen LogP contribution in [0.2, 0.25) is 0 Å². The summed E-state index contributed by atoms with van der Waals surface area (Å²) in [4.78, 5) is 38.3. The average molecular weight is 451 g/mol. The predicted octanol–water partition coefficient (Wildman–Crippen LogP) is 1.43. The minimum Gasteiger partial charge on any atom is -0.492 e. The van der Waals surface area contributed by atoms with Crippen molar-refractivity contribution in [1.29, 1.82) is 0 Å². The highest BCUT2D eigenvalue weighted by Crippen LogP contribution is 2.24. The maximum Gasteiger partial charge on any atom is 0.227 e. The molecule has 2 N–H and O–H groups in total. The van der Waals surface area contributed by atoms with Crippen LogP contribution in [0.5, 0.6) is 5.75 Å². The molecule has 1 saturated heterocycles. The van der Waals surface area contributed by atoms with E-state index in [-0.39, 0.29) is 17.7 Å². The van der Waals surface area contributed by atoms with Gasteiger partial charge in [0.15, 0.2) is 5.82 Å². The van der Waals surface area contributed by atoms with Crippen LogP contribution in [0.15, 0.2) is 49.3 Å². The van der Waals surface area contributed by atoms with E-state index in [1.54, 1.807) is 23.1 Å². The first-order valence-corrected chi connectivity index (χ1v) is 10.8. The Morgan fingerprint density at radius 1 is 1.09 bits per heavy atom. The third-order valence-electron chi connectivity index (χ3n) is 5.35. The van der Waals surface area contributed by atoms with Gasteiger partial charge in [-0.1, -0.05) is 0 Å². The highest BCUT2D eigenvalue weighted by atomic mass is 16.5. The van der Waals surface area contributed by atoms with E-state index in [0.717, 1.165) is 37.4 Å². The summed E-state index contributed by atoms with van der Waals surface area (Å²) in [6, 6.07) is 9.09. The molecule has 0 bridgehead atoms. The molecule has 0 atom stereocenters. The fourth-order valence-electron chi connectivity index (χ4n) is 3.61. The lowest BCUT2D eigenvalue weighted by atomic mass is 9.96. The smallest absolute Gasteiger partial charge is 0.227 e. The number of hydrogen-bond acceptors (Lipinski definition) is 8. The number of amides is 2. The van der Waals surface area contributed by atoms with Crippen LogP contribution in [0.1, 0.15) is 19.8 Å². The lowest BCUT2D eigenvalue weighted by Gasteiger charge is -2.32. The summed E-state index contributed by atoms with van der Waals surface area (Å²) in [6.07, 6.45) is 6.03. The summed E-state index contributed by atoms with van der Waals surface area (Å²) < 4.78 is 7.15. The topological polar surface area (TPSA) is 127 Å². The number of aromatic nitrogens is 5. The normalized spacial score (nSPS) is 14.0. The first-order chi connectivity index (χ1) is 16.1. The fourth-order valence-corrected chi connectivity index (χ4v) is 3.61. The monoisotopic (exact) mass is 450 g/mol. The van der Waals surface area contributed by atoms with Crippen molar-refractivity contribution in [2.24, 2.45) is 5.92 Å². The molecule has 11 heteroatoms. The van der Waals surface area contributed by atoms with Gasteiger partial charge in [-0.3, -0.25) is 9.59 Å². The minimum absolute atomic E-state index is 0.0139. The standard InChI is InChI=1S/C22H26N8O3/c1-16(31)24-8-11-33-19-4-2-18(3-5-19)28-22(32)17-6-9-29(10-7-17)20-12-21(26-14-25-20)30-15-23-13-27-30/h2-5,12-15,17H,6-11H2,1H3,(H,24,31)(H,28,32). The number of rotatable bonds is 8. The van der Waals surface area contributed by atoms with Crippen LogP contribution in [0, 0.1) is 5.92 Å². The third kappa shape index (κ3) is 6.03. The summed E-state index contributed by atoms with van der Waals surface area (Å²) in [5.41, 5.74) is 0.727. The molecule has 33 heavy (non-hydrogen) atoms. The van der Waals surface area contributed by atoms with Crippen LogP contribution < -0.4 is 20.3 Å². The first kappa shape index (κ1) is 22.2. The van der Waals surface area contributed by atoms with Gasteiger partial charge >= 0.3 is 0 Å². The molecule has 1 aliphatic rings. The van der Waals surface area contributed by atoms with E-state index >= 15 is 0 Å². The van der Waals surface area contributed by atoms with E-state index in [1.807, 2.05) is 18.2 Å². The summed E-state index contributed by atoms with van der Waals surface area (Å²) >= 11 is 0. The van der Waals surface area contributed by atoms with Crippen molar-refractivity contribution < 1.29 is 14.3 Å². The summed E-state index contributed by atoms with van der Waals surface area (Å²) in [5, 5.41) is 9.76. The number of anilines is 2. The number of carbonyl (C=O) groups is 2. The number of nitrogens with zero attached hydrogens (tertiary/aromatic N) is 6. The van der Waals surface area contributed by atoms with Gasteiger partial charge in [-0.05, 0) is 37.1 Å². The Labute approximate surface area is 191 Å². The number of piperidine rings is 1. The molecular weight excluding hydrogens is 424 g/mol. The summed E-state index contributed by atoms with van der Waals surface area (Å²) in [5.74, 6) is 2.01. The second-order valence-corrected chi connectivity index (χ2v) is 7.68. The molecule has 4 rings (SSSR count). The Hall–Kier alpha value is -4.02. The number of carbonyl (C=O) groups excluding carboxylic acids is 2. The maximum atomic E-state index is 12.7. The van der Waals surface area contributed by atoms with Crippen LogP contribution in [-0.2, 0) is 9.59 Å². The average Bonchev–Trinajstić information content (AvgIpc) is 3.38. The molecule has 1 fully saturated rings. The third-order valence-corrected chi connectivity index (χ3v) is 5.35. The zero-order valence-electron chi connectivity index (χ0n) is 18.3. The second-order valence-electron chi connectivity index (χ2n) is 7.68. The number of benzene rings is 1. The van der Waals surface area contributed by atoms with Gasteiger partial charge in [0, 0.05) is 37.7 Å². The van der Waals surface area contributed by atoms with Crippen LogP contribution >= 0.6 is 0 Å². The Kier molecular flexibility index (Phi) is 7.08. The fraction of sp³-hybridized carbons (Fsp3) is 0.364. The van der Waals surface area contributed by atoms with Crippen molar-refractivity contribution in [2.45, 2.75) is 19.8 Å². The van der Waals surface area contributed by atoms with Crippen molar-refractivity contribution in [2.75, 3.05) is 36.5 Å². The largest absolute Gasteiger partial charge is 0.492 e. The Bertz CT molecular complexity index is 1060. The molecule has 3 heterocycles. The highest BCUT2D eigenvalue weighted by Gasteiger charge is 2.26. The van der Waals surface area contributed by atoms with Gasteiger partial charge in [-0.25, -0.2) is 19.6 Å². The highest BCUT2D eigenvalue weighted by molar-refractivity contribution is 5.92. The molecule has 2 amide bonds. The molecule has 2 aromatic heterocycles. The van der Waals surface area contributed by atoms with Gasteiger partial charge in [-0.2, -0.15) is 5.10 Å². The van der Waals surface area contributed by atoms with Crippen molar-refractivity contribution in [1.82, 2.24) is 30.0 Å². The SMILES string of the molecule is CC(=O)NCCOc1ccc(NC(=O)C2CCN(c3cc(-n4cncn4)ncn3)CC2)cc1. The van der Waals surface area contributed by atoms with E-state index in [1.165, 1.54) is 19.6 Å². The van der Waals surface area contributed by atoms with Gasteiger partial charge < -0.3 is 20.3 Å². The number of hydrogen-bond donors (Lipinski definition) is 2. The molecule has 0 radical (unpaired) electrons. The molecule has 11 nitrogen and oxygen atoms in total. The van der Waals surface area contributed by atoms with Crippen LogP contribution in [0.3, 0.4) is 0 Å². The van der Waals surface area contributed by atoms with Crippen molar-refractivity contribution in [3.05, 3.63) is 49.3 Å². The Morgan fingerprint density at radius 3 is 2.55 bits per heavy atom. The van der Waals surface area contributed by atoms with Crippen LogP contribution in [0.4, 0.5) is 11.5 Å². The molecule has 0 saturated carbocycles. The first-order valence-electron chi connectivity index (χ1n) is 10.8. The van der Waals surface area contributed by atoms with E-state index in [0.29, 0.717) is 24.7 Å². The minimum atomic E-state index is -0.0870. The van der Waals surface area contributed by atoms with E-state index in [2.05, 4.69) is 35.6 Å². The zero-order chi connectivity index (χ0) is 23.0. The maximum absolute atomic E-state index is 12.7. The predicted molar refractivity (Wildman–Crippen MR) is 121 cm³/mol. The van der Waals surface area contributed by atoms with Gasteiger partial charge in [-0.15, -0.1) is 0 Å². The van der Waals surface area contributed by atoms with Crippen LogP contribution in [0.25, 0.3) is 5.82 Å². The molecular formula is C22H26N8O3. The van der Waals surface area contributed by atoms with E-state index in [4.69, 9.17) is 4.74 Å². The summed E-state index contributed by atoms with van der Waals surface area (Å²) in [7, 11) is 0. The van der Waals surface area contributed by atoms with Crippen LogP contribution in [-0.4, -0.2) is 62.8 Å². The van der Waals surface area contributed by atoms with Crippen molar-refractivity contribution in [3.8, 4) is 11.6 Å². The molecule has 0 spiro atoms. The van der Waals surface area contributed by atoms with E-state index < -0.39 is 0 Å². The van der Waals surface area contributed by atoms with Gasteiger partial charge in [0.05, 0.1) is 6.54 Å². The van der Waals surface area contributed by atoms with Crippen molar-refractivity contribution >= 4 is 23.3 Å². The lowest BCUT2D eigenvalue weighted by molar-refractivity contribution is -0.120. The van der Waals surface area contributed by atoms with Crippen molar-refractivity contribution in [3.63, 3.8) is 0 Å². The van der Waals surface area contributed by atoms with Gasteiger partial charge in [0.1, 0.15) is 37.2 Å². The Balaban J connectivity index is 1.25. The molecule has 0 aliphatic carbocycles. The quantitative estimate of drug-likeness (QED) is 0.494.